The molecule has 2 rings (SSSR count). The topological polar surface area (TPSA) is 94.2 Å². The number of hydrogen-bond acceptors (Lipinski definition) is 6. The SMILES string of the molecule is CCOC(=O)c1nc(C#N)c2c(ccn2CCC(C)C)c1OC(C)=O. The first kappa shape index (κ1) is 18.5. The quantitative estimate of drug-likeness (QED) is 0.748. The molecule has 0 bridgehead atoms. The van der Waals surface area contributed by atoms with Crippen molar-refractivity contribution in [3.63, 3.8) is 0 Å². The summed E-state index contributed by atoms with van der Waals surface area (Å²) < 4.78 is 12.1. The van der Waals surface area contributed by atoms with Gasteiger partial charge in [0.15, 0.2) is 17.1 Å². The molecule has 0 amide bonds. The lowest BCUT2D eigenvalue weighted by atomic mass is 10.1. The molecule has 2 aromatic heterocycles. The Balaban J connectivity index is 2.68. The van der Waals surface area contributed by atoms with Crippen molar-refractivity contribution < 1.29 is 19.1 Å². The van der Waals surface area contributed by atoms with Crippen molar-refractivity contribution in [2.75, 3.05) is 6.61 Å². The number of nitriles is 1. The number of rotatable bonds is 6. The van der Waals surface area contributed by atoms with Crippen molar-refractivity contribution in [3.8, 4) is 11.8 Å². The summed E-state index contributed by atoms with van der Waals surface area (Å²) in [7, 11) is 0. The van der Waals surface area contributed by atoms with Crippen LogP contribution in [0, 0.1) is 17.2 Å². The second-order valence-corrected chi connectivity index (χ2v) is 6.02. The van der Waals surface area contributed by atoms with Gasteiger partial charge < -0.3 is 14.0 Å². The molecule has 0 N–H and O–H groups in total. The molecule has 0 aliphatic carbocycles. The van der Waals surface area contributed by atoms with Gasteiger partial charge in [0.1, 0.15) is 6.07 Å². The van der Waals surface area contributed by atoms with Crippen LogP contribution in [0.1, 0.15) is 50.3 Å². The van der Waals surface area contributed by atoms with E-state index in [0.29, 0.717) is 23.4 Å². The van der Waals surface area contributed by atoms with E-state index >= 15 is 0 Å². The number of carbonyl (C=O) groups excluding carboxylic acids is 2. The Kier molecular flexibility index (Phi) is 5.75. The summed E-state index contributed by atoms with van der Waals surface area (Å²) in [6.07, 6.45) is 2.72. The summed E-state index contributed by atoms with van der Waals surface area (Å²) in [6, 6.07) is 3.74. The highest BCUT2D eigenvalue weighted by atomic mass is 16.5. The van der Waals surface area contributed by atoms with Crippen molar-refractivity contribution >= 4 is 22.8 Å². The summed E-state index contributed by atoms with van der Waals surface area (Å²) in [5, 5.41) is 9.97. The maximum absolute atomic E-state index is 12.2. The standard InChI is InChI=1S/C18H21N3O4/c1-5-24-18(23)15-17(25-12(4)22)13-7-9-21(8-6-11(2)3)16(13)14(10-19)20-15/h7,9,11H,5-6,8H2,1-4H3. The van der Waals surface area contributed by atoms with E-state index in [2.05, 4.69) is 18.8 Å². The van der Waals surface area contributed by atoms with Crippen LogP contribution in [0.3, 0.4) is 0 Å². The number of aromatic nitrogens is 2. The van der Waals surface area contributed by atoms with E-state index in [4.69, 9.17) is 9.47 Å². The lowest BCUT2D eigenvalue weighted by Crippen LogP contribution is -2.14. The molecule has 2 heterocycles. The van der Waals surface area contributed by atoms with Gasteiger partial charge in [0.05, 0.1) is 12.1 Å². The van der Waals surface area contributed by atoms with Gasteiger partial charge in [-0.3, -0.25) is 4.79 Å². The summed E-state index contributed by atoms with van der Waals surface area (Å²) in [4.78, 5) is 27.8. The summed E-state index contributed by atoms with van der Waals surface area (Å²) >= 11 is 0. The molecule has 25 heavy (non-hydrogen) atoms. The lowest BCUT2D eigenvalue weighted by Gasteiger charge is -2.12. The largest absolute Gasteiger partial charge is 0.461 e. The monoisotopic (exact) mass is 343 g/mol. The number of nitrogens with zero attached hydrogens (tertiary/aromatic N) is 3. The van der Waals surface area contributed by atoms with Gasteiger partial charge in [-0.15, -0.1) is 0 Å². The molecule has 0 saturated carbocycles. The molecule has 0 aliphatic rings. The molecule has 0 unspecified atom stereocenters. The minimum atomic E-state index is -0.730. The predicted octanol–water partition coefficient (Wildman–Crippen LogP) is 3.06. The van der Waals surface area contributed by atoms with Crippen molar-refractivity contribution in [3.05, 3.63) is 23.7 Å². The fourth-order valence-electron chi connectivity index (χ4n) is 2.51. The van der Waals surface area contributed by atoms with Gasteiger partial charge in [-0.25, -0.2) is 9.78 Å². The minimum Gasteiger partial charge on any atom is -0.461 e. The van der Waals surface area contributed by atoms with E-state index in [1.807, 2.05) is 10.6 Å². The first-order valence-electron chi connectivity index (χ1n) is 8.17. The molecular formula is C18H21N3O4. The number of pyridine rings is 1. The Morgan fingerprint density at radius 1 is 1.40 bits per heavy atom. The Morgan fingerprint density at radius 3 is 2.68 bits per heavy atom. The predicted molar refractivity (Wildman–Crippen MR) is 91.2 cm³/mol. The lowest BCUT2D eigenvalue weighted by molar-refractivity contribution is -0.131. The third-order valence-electron chi connectivity index (χ3n) is 3.64. The highest BCUT2D eigenvalue weighted by Gasteiger charge is 2.25. The van der Waals surface area contributed by atoms with Gasteiger partial charge in [0.2, 0.25) is 0 Å². The smallest absolute Gasteiger partial charge is 0.360 e. The van der Waals surface area contributed by atoms with Crippen LogP contribution in [-0.4, -0.2) is 28.1 Å². The summed E-state index contributed by atoms with van der Waals surface area (Å²) in [5.74, 6) is -0.786. The van der Waals surface area contributed by atoms with E-state index in [1.165, 1.54) is 6.92 Å². The van der Waals surface area contributed by atoms with E-state index in [9.17, 15) is 14.9 Å². The molecule has 0 spiro atoms. The third-order valence-corrected chi connectivity index (χ3v) is 3.64. The number of carbonyl (C=O) groups is 2. The average Bonchev–Trinajstić information content (AvgIpc) is 2.97. The molecular weight excluding hydrogens is 322 g/mol. The van der Waals surface area contributed by atoms with Crippen LogP contribution >= 0.6 is 0 Å². The Bertz CT molecular complexity index is 846. The third kappa shape index (κ3) is 3.97. The van der Waals surface area contributed by atoms with E-state index in [-0.39, 0.29) is 23.7 Å². The van der Waals surface area contributed by atoms with Gasteiger partial charge in [0, 0.05) is 25.1 Å². The minimum absolute atomic E-state index is 0.0308. The Morgan fingerprint density at radius 2 is 2.12 bits per heavy atom. The number of hydrogen-bond donors (Lipinski definition) is 0. The first-order chi connectivity index (χ1) is 11.9. The highest BCUT2D eigenvalue weighted by molar-refractivity contribution is 6.01. The molecule has 2 aromatic rings. The zero-order valence-electron chi connectivity index (χ0n) is 14.8. The van der Waals surface area contributed by atoms with Crippen LogP contribution in [-0.2, 0) is 16.1 Å². The molecule has 0 aromatic carbocycles. The summed E-state index contributed by atoms with van der Waals surface area (Å²) in [5.41, 5.74) is 0.484. The number of fused-ring (bicyclic) bond motifs is 1. The molecule has 132 valence electrons. The van der Waals surface area contributed by atoms with Gasteiger partial charge in [-0.05, 0) is 25.3 Å². The van der Waals surface area contributed by atoms with Gasteiger partial charge in [0.25, 0.3) is 0 Å². The van der Waals surface area contributed by atoms with Crippen molar-refractivity contribution in [2.24, 2.45) is 5.92 Å². The fraction of sp³-hybridized carbons (Fsp3) is 0.444. The van der Waals surface area contributed by atoms with Crippen LogP contribution in [0.25, 0.3) is 10.9 Å². The zero-order valence-corrected chi connectivity index (χ0v) is 14.8. The second-order valence-electron chi connectivity index (χ2n) is 6.02. The van der Waals surface area contributed by atoms with Crippen molar-refractivity contribution in [2.45, 2.75) is 40.7 Å². The molecule has 0 atom stereocenters. The molecule has 0 aliphatic heterocycles. The van der Waals surface area contributed by atoms with Crippen LogP contribution in [0.5, 0.6) is 5.75 Å². The first-order valence-corrected chi connectivity index (χ1v) is 8.17. The van der Waals surface area contributed by atoms with Crippen LogP contribution in [0.2, 0.25) is 0 Å². The fourth-order valence-corrected chi connectivity index (χ4v) is 2.51. The van der Waals surface area contributed by atoms with E-state index in [0.717, 1.165) is 6.42 Å². The average molecular weight is 343 g/mol. The van der Waals surface area contributed by atoms with E-state index < -0.39 is 11.9 Å². The number of aryl methyl sites for hydroxylation is 1. The molecule has 0 radical (unpaired) electrons. The van der Waals surface area contributed by atoms with Gasteiger partial charge in [-0.2, -0.15) is 5.26 Å². The maximum atomic E-state index is 12.2. The molecule has 7 nitrogen and oxygen atoms in total. The Labute approximate surface area is 146 Å². The second kappa shape index (κ2) is 7.79. The van der Waals surface area contributed by atoms with Gasteiger partial charge in [-0.1, -0.05) is 13.8 Å². The number of ether oxygens (including phenoxy) is 2. The molecule has 7 heteroatoms. The van der Waals surface area contributed by atoms with Crippen LogP contribution < -0.4 is 4.74 Å². The number of esters is 2. The Hall–Kier alpha value is -2.88. The van der Waals surface area contributed by atoms with Crippen LogP contribution in [0.15, 0.2) is 12.3 Å². The van der Waals surface area contributed by atoms with Crippen LogP contribution in [0.4, 0.5) is 0 Å². The van der Waals surface area contributed by atoms with Gasteiger partial charge >= 0.3 is 11.9 Å². The zero-order chi connectivity index (χ0) is 18.6. The maximum Gasteiger partial charge on any atom is 0.360 e. The van der Waals surface area contributed by atoms with Crippen molar-refractivity contribution in [1.82, 2.24) is 9.55 Å². The molecule has 0 saturated heterocycles. The molecule has 0 fully saturated rings. The van der Waals surface area contributed by atoms with E-state index in [1.54, 1.807) is 19.2 Å². The normalized spacial score (nSPS) is 10.7. The highest BCUT2D eigenvalue weighted by Crippen LogP contribution is 2.32. The van der Waals surface area contributed by atoms with Crippen molar-refractivity contribution in [1.29, 1.82) is 5.26 Å². The summed E-state index contributed by atoms with van der Waals surface area (Å²) in [6.45, 7) is 7.96.